The third kappa shape index (κ3) is 4.97. The second kappa shape index (κ2) is 7.45. The highest BCUT2D eigenvalue weighted by molar-refractivity contribution is 5.83. The topological polar surface area (TPSA) is 75.6 Å². The van der Waals surface area contributed by atoms with Crippen LogP contribution in [-0.2, 0) is 20.7 Å². The van der Waals surface area contributed by atoms with Gasteiger partial charge in [0.25, 0.3) is 0 Å². The SMILES string of the molecule is COCCC(=O)N[C@H](Cc1ccccc1)C(=O)O. The Labute approximate surface area is 106 Å². The lowest BCUT2D eigenvalue weighted by molar-refractivity contribution is -0.141. The van der Waals surface area contributed by atoms with Gasteiger partial charge >= 0.3 is 5.97 Å². The van der Waals surface area contributed by atoms with Crippen molar-refractivity contribution in [2.75, 3.05) is 13.7 Å². The van der Waals surface area contributed by atoms with E-state index in [1.807, 2.05) is 30.3 Å². The summed E-state index contributed by atoms with van der Waals surface area (Å²) in [6, 6.07) is 8.28. The van der Waals surface area contributed by atoms with Gasteiger partial charge in [-0.2, -0.15) is 0 Å². The summed E-state index contributed by atoms with van der Waals surface area (Å²) in [6.07, 6.45) is 0.434. The van der Waals surface area contributed by atoms with Crippen molar-refractivity contribution in [2.24, 2.45) is 0 Å². The number of carboxylic acid groups (broad SMARTS) is 1. The molecule has 5 heteroatoms. The molecule has 2 N–H and O–H groups in total. The summed E-state index contributed by atoms with van der Waals surface area (Å²) >= 11 is 0. The lowest BCUT2D eigenvalue weighted by Gasteiger charge is -2.14. The van der Waals surface area contributed by atoms with Crippen LogP contribution in [0.1, 0.15) is 12.0 Å². The number of rotatable bonds is 7. The van der Waals surface area contributed by atoms with E-state index in [0.29, 0.717) is 0 Å². The van der Waals surface area contributed by atoms with E-state index in [9.17, 15) is 9.59 Å². The molecule has 0 fully saturated rings. The van der Waals surface area contributed by atoms with Crippen molar-refractivity contribution >= 4 is 11.9 Å². The number of carbonyl (C=O) groups excluding carboxylic acids is 1. The van der Waals surface area contributed by atoms with Crippen LogP contribution in [0.5, 0.6) is 0 Å². The molecule has 0 saturated heterocycles. The Morgan fingerprint density at radius 1 is 1.33 bits per heavy atom. The van der Waals surface area contributed by atoms with Gasteiger partial charge in [0.15, 0.2) is 0 Å². The summed E-state index contributed by atoms with van der Waals surface area (Å²) in [7, 11) is 1.49. The highest BCUT2D eigenvalue weighted by Gasteiger charge is 2.19. The van der Waals surface area contributed by atoms with Gasteiger partial charge in [0, 0.05) is 20.0 Å². The first-order valence-electron chi connectivity index (χ1n) is 5.68. The molecule has 98 valence electrons. The molecule has 0 aliphatic heterocycles. The Balaban J connectivity index is 2.55. The van der Waals surface area contributed by atoms with E-state index in [1.54, 1.807) is 0 Å². The average Bonchev–Trinajstić information content (AvgIpc) is 2.36. The molecule has 1 amide bonds. The van der Waals surface area contributed by atoms with Crippen molar-refractivity contribution < 1.29 is 19.4 Å². The van der Waals surface area contributed by atoms with Crippen LogP contribution in [0, 0.1) is 0 Å². The van der Waals surface area contributed by atoms with Gasteiger partial charge in [-0.1, -0.05) is 30.3 Å². The van der Waals surface area contributed by atoms with Crippen LogP contribution < -0.4 is 5.32 Å². The van der Waals surface area contributed by atoms with E-state index in [-0.39, 0.29) is 25.4 Å². The third-order valence-corrected chi connectivity index (χ3v) is 2.45. The van der Waals surface area contributed by atoms with Crippen LogP contribution in [-0.4, -0.2) is 36.7 Å². The molecule has 0 saturated carbocycles. The number of aliphatic carboxylic acids is 1. The number of carbonyl (C=O) groups is 2. The van der Waals surface area contributed by atoms with E-state index >= 15 is 0 Å². The van der Waals surface area contributed by atoms with Crippen molar-refractivity contribution in [3.63, 3.8) is 0 Å². The smallest absolute Gasteiger partial charge is 0.326 e. The van der Waals surface area contributed by atoms with Gasteiger partial charge in [-0.3, -0.25) is 4.79 Å². The maximum Gasteiger partial charge on any atom is 0.326 e. The first-order valence-corrected chi connectivity index (χ1v) is 5.68. The van der Waals surface area contributed by atoms with Crippen LogP contribution in [0.2, 0.25) is 0 Å². The number of amides is 1. The molecule has 1 aromatic carbocycles. The van der Waals surface area contributed by atoms with Crippen molar-refractivity contribution in [1.82, 2.24) is 5.32 Å². The van der Waals surface area contributed by atoms with Gasteiger partial charge in [0.2, 0.25) is 5.91 Å². The fourth-order valence-electron chi connectivity index (χ4n) is 1.51. The Bertz CT molecular complexity index is 391. The van der Waals surface area contributed by atoms with Gasteiger partial charge in [0.05, 0.1) is 6.61 Å². The predicted molar refractivity (Wildman–Crippen MR) is 66.2 cm³/mol. The quantitative estimate of drug-likeness (QED) is 0.752. The molecular weight excluding hydrogens is 234 g/mol. The molecule has 18 heavy (non-hydrogen) atoms. The Hall–Kier alpha value is -1.88. The first-order chi connectivity index (χ1) is 8.63. The number of hydrogen-bond acceptors (Lipinski definition) is 3. The summed E-state index contributed by atoms with van der Waals surface area (Å²) in [4.78, 5) is 22.5. The summed E-state index contributed by atoms with van der Waals surface area (Å²) in [5, 5.41) is 11.5. The predicted octanol–water partition coefficient (Wildman–Crippen LogP) is 0.835. The minimum Gasteiger partial charge on any atom is -0.480 e. The Kier molecular flexibility index (Phi) is 5.87. The highest BCUT2D eigenvalue weighted by atomic mass is 16.5. The minimum absolute atomic E-state index is 0.162. The largest absolute Gasteiger partial charge is 0.480 e. The number of ether oxygens (including phenoxy) is 1. The van der Waals surface area contributed by atoms with E-state index in [4.69, 9.17) is 9.84 Å². The van der Waals surface area contributed by atoms with Gasteiger partial charge in [-0.15, -0.1) is 0 Å². The Morgan fingerprint density at radius 3 is 2.56 bits per heavy atom. The van der Waals surface area contributed by atoms with Crippen molar-refractivity contribution in [3.05, 3.63) is 35.9 Å². The molecule has 1 atom stereocenters. The second-order valence-corrected chi connectivity index (χ2v) is 3.89. The lowest BCUT2D eigenvalue weighted by atomic mass is 10.1. The third-order valence-electron chi connectivity index (χ3n) is 2.45. The standard InChI is InChI=1S/C13H17NO4/c1-18-8-7-12(15)14-11(13(16)17)9-10-5-3-2-4-6-10/h2-6,11H,7-9H2,1H3,(H,14,15)(H,16,17)/t11-/m1/s1. The number of carboxylic acids is 1. The second-order valence-electron chi connectivity index (χ2n) is 3.89. The Morgan fingerprint density at radius 2 is 2.00 bits per heavy atom. The van der Waals surface area contributed by atoms with Crippen LogP contribution >= 0.6 is 0 Å². The van der Waals surface area contributed by atoms with Crippen LogP contribution in [0.4, 0.5) is 0 Å². The zero-order valence-corrected chi connectivity index (χ0v) is 10.3. The number of hydrogen-bond donors (Lipinski definition) is 2. The molecule has 0 aliphatic carbocycles. The van der Waals surface area contributed by atoms with E-state index < -0.39 is 12.0 Å². The molecule has 0 spiro atoms. The van der Waals surface area contributed by atoms with E-state index in [1.165, 1.54) is 7.11 Å². The zero-order chi connectivity index (χ0) is 13.4. The molecule has 5 nitrogen and oxygen atoms in total. The van der Waals surface area contributed by atoms with E-state index in [0.717, 1.165) is 5.56 Å². The molecule has 0 heterocycles. The number of methoxy groups -OCH3 is 1. The summed E-state index contributed by atoms with van der Waals surface area (Å²) < 4.78 is 4.76. The first kappa shape index (κ1) is 14.2. The molecule has 1 rings (SSSR count). The minimum atomic E-state index is -1.04. The van der Waals surface area contributed by atoms with Crippen molar-refractivity contribution in [3.8, 4) is 0 Å². The van der Waals surface area contributed by atoms with Crippen LogP contribution in [0.25, 0.3) is 0 Å². The zero-order valence-electron chi connectivity index (χ0n) is 10.3. The summed E-state index contributed by atoms with van der Waals surface area (Å²) in [6.45, 7) is 0.281. The van der Waals surface area contributed by atoms with Gasteiger partial charge in [-0.05, 0) is 5.56 Å². The summed E-state index contributed by atoms with van der Waals surface area (Å²) in [5.41, 5.74) is 0.872. The van der Waals surface area contributed by atoms with Crippen molar-refractivity contribution in [1.29, 1.82) is 0 Å². The normalized spacial score (nSPS) is 11.8. The fraction of sp³-hybridized carbons (Fsp3) is 0.385. The van der Waals surface area contributed by atoms with Crippen LogP contribution in [0.15, 0.2) is 30.3 Å². The highest BCUT2D eigenvalue weighted by Crippen LogP contribution is 2.03. The fourth-order valence-corrected chi connectivity index (χ4v) is 1.51. The van der Waals surface area contributed by atoms with Crippen molar-refractivity contribution in [2.45, 2.75) is 18.9 Å². The summed E-state index contributed by atoms with van der Waals surface area (Å²) in [5.74, 6) is -1.36. The maximum absolute atomic E-state index is 11.5. The molecule has 0 aromatic heterocycles. The molecule has 1 aromatic rings. The number of nitrogens with one attached hydrogen (secondary N) is 1. The van der Waals surface area contributed by atoms with E-state index in [2.05, 4.69) is 5.32 Å². The van der Waals surface area contributed by atoms with Gasteiger partial charge in [-0.25, -0.2) is 4.79 Å². The maximum atomic E-state index is 11.5. The molecule has 0 aliphatic rings. The molecule has 0 unspecified atom stereocenters. The molecular formula is C13H17NO4. The average molecular weight is 251 g/mol. The van der Waals surface area contributed by atoms with Gasteiger partial charge in [0.1, 0.15) is 6.04 Å². The van der Waals surface area contributed by atoms with Gasteiger partial charge < -0.3 is 15.2 Å². The van der Waals surface area contributed by atoms with Crippen LogP contribution in [0.3, 0.4) is 0 Å². The molecule has 0 radical (unpaired) electrons. The lowest BCUT2D eigenvalue weighted by Crippen LogP contribution is -2.42. The molecule has 0 bridgehead atoms. The number of benzene rings is 1. The monoisotopic (exact) mass is 251 g/mol.